The predicted molar refractivity (Wildman–Crippen MR) is 70.1 cm³/mol. The summed E-state index contributed by atoms with van der Waals surface area (Å²) < 4.78 is 1.72. The Hall–Kier alpha value is -1.36. The Bertz CT molecular complexity index is 401. The third-order valence-electron chi connectivity index (χ3n) is 3.29. The minimum atomic E-state index is -0.815. The van der Waals surface area contributed by atoms with E-state index in [9.17, 15) is 9.90 Å². The second-order valence-corrected chi connectivity index (χ2v) is 5.41. The van der Waals surface area contributed by atoms with E-state index in [1.807, 2.05) is 27.1 Å². The molecule has 1 aromatic heterocycles. The molecule has 0 saturated carbocycles. The van der Waals surface area contributed by atoms with Crippen LogP contribution in [0, 0.1) is 11.3 Å². The van der Waals surface area contributed by atoms with E-state index < -0.39 is 11.4 Å². The smallest absolute Gasteiger partial charge is 0.310 e. The van der Waals surface area contributed by atoms with Gasteiger partial charge in [0.15, 0.2) is 0 Å². The van der Waals surface area contributed by atoms with Crippen LogP contribution in [0.5, 0.6) is 0 Å². The van der Waals surface area contributed by atoms with Crippen LogP contribution in [0.3, 0.4) is 0 Å². The van der Waals surface area contributed by atoms with Gasteiger partial charge in [-0.1, -0.05) is 13.8 Å². The van der Waals surface area contributed by atoms with E-state index in [0.717, 1.165) is 5.56 Å². The fourth-order valence-corrected chi connectivity index (χ4v) is 2.34. The van der Waals surface area contributed by atoms with Gasteiger partial charge in [-0.2, -0.15) is 5.10 Å². The number of carboxylic acid groups (broad SMARTS) is 1. The van der Waals surface area contributed by atoms with Gasteiger partial charge in [0.05, 0.1) is 11.6 Å². The Morgan fingerprint density at radius 3 is 2.67 bits per heavy atom. The Labute approximate surface area is 108 Å². The topological polar surface area (TPSA) is 81.1 Å². The zero-order valence-electron chi connectivity index (χ0n) is 11.4. The van der Waals surface area contributed by atoms with E-state index in [-0.39, 0.29) is 6.54 Å². The molecule has 1 aromatic rings. The first kappa shape index (κ1) is 14.7. The SMILES string of the molecule is CC(C)CC(CN)(CCc1cnn(C)c1)C(=O)O. The largest absolute Gasteiger partial charge is 0.481 e. The summed E-state index contributed by atoms with van der Waals surface area (Å²) >= 11 is 0. The van der Waals surface area contributed by atoms with Crippen molar-refractivity contribution in [2.24, 2.45) is 24.1 Å². The van der Waals surface area contributed by atoms with Crippen LogP contribution in [0.2, 0.25) is 0 Å². The molecule has 1 heterocycles. The Morgan fingerprint density at radius 1 is 1.61 bits per heavy atom. The molecule has 0 aliphatic rings. The van der Waals surface area contributed by atoms with E-state index in [1.165, 1.54) is 0 Å². The van der Waals surface area contributed by atoms with Gasteiger partial charge >= 0.3 is 5.97 Å². The Morgan fingerprint density at radius 2 is 2.28 bits per heavy atom. The molecule has 0 fully saturated rings. The fourth-order valence-electron chi connectivity index (χ4n) is 2.34. The molecule has 0 radical (unpaired) electrons. The number of rotatable bonds is 7. The van der Waals surface area contributed by atoms with Crippen molar-refractivity contribution < 1.29 is 9.90 Å². The average molecular weight is 253 g/mol. The fraction of sp³-hybridized carbons (Fsp3) is 0.692. The van der Waals surface area contributed by atoms with Gasteiger partial charge in [-0.3, -0.25) is 9.48 Å². The summed E-state index contributed by atoms with van der Waals surface area (Å²) in [5.74, 6) is -0.471. The van der Waals surface area contributed by atoms with Crippen LogP contribution in [0.25, 0.3) is 0 Å². The van der Waals surface area contributed by atoms with Crippen LogP contribution in [0.15, 0.2) is 12.4 Å². The molecule has 0 aliphatic heterocycles. The average Bonchev–Trinajstić information content (AvgIpc) is 2.69. The third-order valence-corrected chi connectivity index (χ3v) is 3.29. The molecule has 102 valence electrons. The lowest BCUT2D eigenvalue weighted by atomic mass is 9.76. The number of nitrogens with zero attached hydrogens (tertiary/aromatic N) is 2. The van der Waals surface area contributed by atoms with Crippen LogP contribution < -0.4 is 5.73 Å². The van der Waals surface area contributed by atoms with Crippen molar-refractivity contribution in [1.82, 2.24) is 9.78 Å². The summed E-state index contributed by atoms with van der Waals surface area (Å²) in [4.78, 5) is 11.5. The summed E-state index contributed by atoms with van der Waals surface area (Å²) in [5, 5.41) is 13.5. The lowest BCUT2D eigenvalue weighted by molar-refractivity contribution is -0.149. The molecule has 1 atom stereocenters. The molecular formula is C13H23N3O2. The highest BCUT2D eigenvalue weighted by molar-refractivity contribution is 5.75. The van der Waals surface area contributed by atoms with Crippen LogP contribution in [0.4, 0.5) is 0 Å². The lowest BCUT2D eigenvalue weighted by Crippen LogP contribution is -2.40. The van der Waals surface area contributed by atoms with Crippen LogP contribution in [-0.4, -0.2) is 27.4 Å². The number of hydrogen-bond acceptors (Lipinski definition) is 3. The normalized spacial score (nSPS) is 14.7. The molecule has 0 aliphatic carbocycles. The first-order chi connectivity index (χ1) is 8.39. The van der Waals surface area contributed by atoms with Gasteiger partial charge in [-0.15, -0.1) is 0 Å². The van der Waals surface area contributed by atoms with E-state index >= 15 is 0 Å². The van der Waals surface area contributed by atoms with Gasteiger partial charge in [0.2, 0.25) is 0 Å². The zero-order valence-corrected chi connectivity index (χ0v) is 11.4. The van der Waals surface area contributed by atoms with Crippen molar-refractivity contribution in [3.05, 3.63) is 18.0 Å². The molecule has 0 spiro atoms. The number of nitrogens with two attached hydrogens (primary N) is 1. The highest BCUT2D eigenvalue weighted by atomic mass is 16.4. The van der Waals surface area contributed by atoms with Crippen LogP contribution in [-0.2, 0) is 18.3 Å². The minimum absolute atomic E-state index is 0.181. The maximum absolute atomic E-state index is 11.5. The molecule has 5 nitrogen and oxygen atoms in total. The monoisotopic (exact) mass is 253 g/mol. The van der Waals surface area contributed by atoms with E-state index in [4.69, 9.17) is 5.73 Å². The van der Waals surface area contributed by atoms with E-state index in [0.29, 0.717) is 25.2 Å². The summed E-state index contributed by atoms with van der Waals surface area (Å²) in [6.45, 7) is 4.23. The second-order valence-electron chi connectivity index (χ2n) is 5.41. The summed E-state index contributed by atoms with van der Waals surface area (Å²) in [6.07, 6.45) is 5.56. The molecule has 0 bridgehead atoms. The Balaban J connectivity index is 2.75. The summed E-state index contributed by atoms with van der Waals surface area (Å²) in [7, 11) is 1.85. The quantitative estimate of drug-likeness (QED) is 0.770. The van der Waals surface area contributed by atoms with Gasteiger partial charge in [-0.05, 0) is 30.7 Å². The van der Waals surface area contributed by atoms with Crippen molar-refractivity contribution >= 4 is 5.97 Å². The van der Waals surface area contributed by atoms with Gasteiger partial charge < -0.3 is 10.8 Å². The molecule has 0 saturated heterocycles. The molecule has 18 heavy (non-hydrogen) atoms. The minimum Gasteiger partial charge on any atom is -0.481 e. The van der Waals surface area contributed by atoms with Crippen molar-refractivity contribution in [2.45, 2.75) is 33.1 Å². The van der Waals surface area contributed by atoms with E-state index in [1.54, 1.807) is 10.9 Å². The highest BCUT2D eigenvalue weighted by Gasteiger charge is 2.37. The summed E-state index contributed by atoms with van der Waals surface area (Å²) in [6, 6.07) is 0. The lowest BCUT2D eigenvalue weighted by Gasteiger charge is -2.29. The number of carbonyl (C=O) groups is 1. The van der Waals surface area contributed by atoms with E-state index in [2.05, 4.69) is 5.10 Å². The van der Waals surface area contributed by atoms with Crippen LogP contribution >= 0.6 is 0 Å². The molecule has 1 unspecified atom stereocenters. The molecule has 3 N–H and O–H groups in total. The number of aryl methyl sites for hydroxylation is 2. The molecular weight excluding hydrogens is 230 g/mol. The first-order valence-corrected chi connectivity index (χ1v) is 6.30. The van der Waals surface area contributed by atoms with Crippen molar-refractivity contribution in [3.8, 4) is 0 Å². The third kappa shape index (κ3) is 3.57. The molecule has 0 amide bonds. The van der Waals surface area contributed by atoms with Gasteiger partial charge in [0.25, 0.3) is 0 Å². The van der Waals surface area contributed by atoms with Crippen molar-refractivity contribution in [2.75, 3.05) is 6.54 Å². The first-order valence-electron chi connectivity index (χ1n) is 6.30. The van der Waals surface area contributed by atoms with Gasteiger partial charge in [-0.25, -0.2) is 0 Å². The predicted octanol–water partition coefficient (Wildman–Crippen LogP) is 1.43. The molecule has 5 heteroatoms. The maximum Gasteiger partial charge on any atom is 0.310 e. The number of aliphatic carboxylic acids is 1. The van der Waals surface area contributed by atoms with Crippen molar-refractivity contribution in [3.63, 3.8) is 0 Å². The zero-order chi connectivity index (χ0) is 13.8. The second kappa shape index (κ2) is 6.00. The Kier molecular flexibility index (Phi) is 4.90. The number of hydrogen-bond donors (Lipinski definition) is 2. The van der Waals surface area contributed by atoms with Crippen LogP contribution in [0.1, 0.15) is 32.3 Å². The standard InChI is InChI=1S/C13H23N3O2/c1-10(2)6-13(9-14,12(17)18)5-4-11-7-15-16(3)8-11/h7-8,10H,4-6,9,14H2,1-3H3,(H,17,18). The van der Waals surface area contributed by atoms with Gasteiger partial charge in [0.1, 0.15) is 0 Å². The number of aromatic nitrogens is 2. The maximum atomic E-state index is 11.5. The molecule has 1 rings (SSSR count). The number of carboxylic acids is 1. The van der Waals surface area contributed by atoms with Crippen molar-refractivity contribution in [1.29, 1.82) is 0 Å². The highest BCUT2D eigenvalue weighted by Crippen LogP contribution is 2.31. The molecule has 0 aromatic carbocycles. The van der Waals surface area contributed by atoms with Gasteiger partial charge in [0, 0.05) is 19.8 Å². The summed E-state index contributed by atoms with van der Waals surface area (Å²) in [5.41, 5.74) is 5.97.